The normalized spacial score (nSPS) is 10.9. The number of aryl methyl sites for hydroxylation is 3. The first-order chi connectivity index (χ1) is 12.1. The van der Waals surface area contributed by atoms with E-state index in [1.165, 1.54) is 26.5 Å². The zero-order valence-electron chi connectivity index (χ0n) is 14.6. The lowest BCUT2D eigenvalue weighted by atomic mass is 10.2. The van der Waals surface area contributed by atoms with Crippen LogP contribution in [0, 0.1) is 20.8 Å². The quantitative estimate of drug-likeness (QED) is 0.401. The molecule has 0 saturated heterocycles. The minimum Gasteiger partial charge on any atom is -0.452 e. The average molecular weight is 385 g/mol. The van der Waals surface area contributed by atoms with Crippen LogP contribution in [0.3, 0.4) is 0 Å². The predicted octanol–water partition coefficient (Wildman–Crippen LogP) is 7.80. The van der Waals surface area contributed by atoms with Crippen LogP contribution in [0.5, 0.6) is 5.75 Å². The predicted molar refractivity (Wildman–Crippen MR) is 113 cm³/mol. The van der Waals surface area contributed by atoms with E-state index >= 15 is 0 Å². The Morgan fingerprint density at radius 1 is 0.560 bits per heavy atom. The first-order valence-electron chi connectivity index (χ1n) is 8.12. The molecule has 128 valence electrons. The van der Waals surface area contributed by atoms with Crippen LogP contribution in [-0.2, 0) is 0 Å². The van der Waals surface area contributed by atoms with Crippen molar-refractivity contribution in [3.63, 3.8) is 0 Å². The van der Waals surface area contributed by atoms with Gasteiger partial charge in [-0.05, 0) is 79.9 Å². The second-order valence-corrected chi connectivity index (χ2v) is 11.7. The van der Waals surface area contributed by atoms with Crippen molar-refractivity contribution in [1.29, 1.82) is 0 Å². The molecule has 0 amide bonds. The van der Waals surface area contributed by atoms with E-state index < -0.39 is 6.55 Å². The van der Waals surface area contributed by atoms with Crippen molar-refractivity contribution in [2.45, 2.75) is 30.6 Å². The number of hydrogen-bond donors (Lipinski definition) is 0. The van der Waals surface area contributed by atoms with Crippen LogP contribution in [0.15, 0.2) is 82.6 Å². The maximum absolute atomic E-state index is 6.33. The van der Waals surface area contributed by atoms with Gasteiger partial charge in [-0.25, -0.2) is 0 Å². The number of hydrogen-bond acceptors (Lipinski definition) is 3. The first kappa shape index (κ1) is 18.4. The van der Waals surface area contributed by atoms with Crippen LogP contribution in [0.2, 0.25) is 0 Å². The van der Waals surface area contributed by atoms with Crippen LogP contribution in [0.25, 0.3) is 0 Å². The third-order valence-corrected chi connectivity index (χ3v) is 9.17. The van der Waals surface area contributed by atoms with Gasteiger partial charge in [0.1, 0.15) is 5.75 Å². The SMILES string of the molecule is Cc1ccc(OP(Sc2ccc(C)cc2)Sc2ccc(C)cc2)cc1. The van der Waals surface area contributed by atoms with Gasteiger partial charge < -0.3 is 4.52 Å². The van der Waals surface area contributed by atoms with E-state index in [-0.39, 0.29) is 0 Å². The lowest BCUT2D eigenvalue weighted by Crippen LogP contribution is -1.84. The molecule has 0 radical (unpaired) electrons. The summed E-state index contributed by atoms with van der Waals surface area (Å²) in [7, 11) is 0. The van der Waals surface area contributed by atoms with Crippen molar-refractivity contribution < 1.29 is 4.52 Å². The first-order valence-corrected chi connectivity index (χ1v) is 12.2. The van der Waals surface area contributed by atoms with E-state index in [1.54, 1.807) is 22.8 Å². The maximum atomic E-state index is 6.33. The van der Waals surface area contributed by atoms with Gasteiger partial charge in [0.05, 0.1) is 0 Å². The zero-order chi connectivity index (χ0) is 17.6. The summed E-state index contributed by atoms with van der Waals surface area (Å²) in [6.07, 6.45) is 0. The zero-order valence-corrected chi connectivity index (χ0v) is 17.1. The van der Waals surface area contributed by atoms with Gasteiger partial charge in [0.15, 0.2) is 0 Å². The topological polar surface area (TPSA) is 9.23 Å². The van der Waals surface area contributed by atoms with Gasteiger partial charge >= 0.3 is 0 Å². The third-order valence-electron chi connectivity index (χ3n) is 3.60. The van der Waals surface area contributed by atoms with Crippen molar-refractivity contribution in [3.8, 4) is 5.75 Å². The number of rotatable bonds is 6. The summed E-state index contributed by atoms with van der Waals surface area (Å²) in [5, 5.41) is 0. The van der Waals surface area contributed by atoms with E-state index in [0.29, 0.717) is 0 Å². The Kier molecular flexibility index (Phi) is 6.47. The smallest absolute Gasteiger partial charge is 0.219 e. The minimum atomic E-state index is -0.785. The molecule has 3 aromatic carbocycles. The molecule has 0 heterocycles. The Morgan fingerprint density at radius 3 is 1.32 bits per heavy atom. The van der Waals surface area contributed by atoms with Crippen molar-refractivity contribution in [1.82, 2.24) is 0 Å². The van der Waals surface area contributed by atoms with Gasteiger partial charge in [-0.2, -0.15) is 0 Å². The highest BCUT2D eigenvalue weighted by molar-refractivity contribution is 8.87. The molecule has 0 unspecified atom stereocenters. The largest absolute Gasteiger partial charge is 0.452 e. The molecule has 0 bridgehead atoms. The summed E-state index contributed by atoms with van der Waals surface area (Å²) in [4.78, 5) is 2.48. The highest BCUT2D eigenvalue weighted by atomic mass is 33.1. The highest BCUT2D eigenvalue weighted by Crippen LogP contribution is 2.66. The summed E-state index contributed by atoms with van der Waals surface area (Å²) in [6, 6.07) is 25.6. The van der Waals surface area contributed by atoms with Crippen LogP contribution < -0.4 is 4.52 Å². The van der Waals surface area contributed by atoms with E-state index in [9.17, 15) is 0 Å². The number of benzene rings is 3. The van der Waals surface area contributed by atoms with Gasteiger partial charge in [0.2, 0.25) is 6.55 Å². The molecular weight excluding hydrogens is 363 g/mol. The Morgan fingerprint density at radius 2 is 0.920 bits per heavy atom. The Balaban J connectivity index is 1.77. The third kappa shape index (κ3) is 5.81. The lowest BCUT2D eigenvalue weighted by molar-refractivity contribution is 0.639. The summed E-state index contributed by atoms with van der Waals surface area (Å²) < 4.78 is 6.33. The maximum Gasteiger partial charge on any atom is 0.219 e. The van der Waals surface area contributed by atoms with Crippen LogP contribution in [0.1, 0.15) is 16.7 Å². The molecule has 3 rings (SSSR count). The van der Waals surface area contributed by atoms with Crippen molar-refractivity contribution in [3.05, 3.63) is 89.5 Å². The summed E-state index contributed by atoms with van der Waals surface area (Å²) in [5.41, 5.74) is 3.80. The molecule has 25 heavy (non-hydrogen) atoms. The molecular formula is C21H21OPS2. The summed E-state index contributed by atoms with van der Waals surface area (Å²) in [5.74, 6) is 0.927. The van der Waals surface area contributed by atoms with Crippen molar-refractivity contribution in [2.75, 3.05) is 0 Å². The molecule has 1 nitrogen and oxygen atoms in total. The Bertz CT molecular complexity index is 686. The highest BCUT2D eigenvalue weighted by Gasteiger charge is 2.16. The van der Waals surface area contributed by atoms with Crippen LogP contribution >= 0.6 is 29.3 Å². The van der Waals surface area contributed by atoms with Gasteiger partial charge in [0.25, 0.3) is 0 Å². The molecule has 0 fully saturated rings. The molecule has 0 aromatic heterocycles. The molecule has 0 atom stereocenters. The summed E-state index contributed by atoms with van der Waals surface area (Å²) >= 11 is 3.60. The van der Waals surface area contributed by atoms with Gasteiger partial charge in [-0.15, -0.1) is 0 Å². The Hall–Kier alpha value is -1.41. The van der Waals surface area contributed by atoms with E-state index in [2.05, 4.69) is 93.6 Å². The lowest BCUT2D eigenvalue weighted by Gasteiger charge is -2.17. The monoisotopic (exact) mass is 384 g/mol. The van der Waals surface area contributed by atoms with Gasteiger partial charge in [-0.3, -0.25) is 0 Å². The van der Waals surface area contributed by atoms with Gasteiger partial charge in [-0.1, -0.05) is 53.1 Å². The summed E-state index contributed by atoms with van der Waals surface area (Å²) in [6.45, 7) is 5.53. The molecule has 4 heteroatoms. The molecule has 0 aliphatic heterocycles. The van der Waals surface area contributed by atoms with Gasteiger partial charge in [0, 0.05) is 9.79 Å². The second-order valence-electron chi connectivity index (χ2n) is 5.94. The fourth-order valence-corrected chi connectivity index (χ4v) is 7.88. The fourth-order valence-electron chi connectivity index (χ4n) is 2.11. The molecule has 0 spiro atoms. The molecule has 0 aliphatic carbocycles. The van der Waals surface area contributed by atoms with Crippen LogP contribution in [0.4, 0.5) is 0 Å². The molecule has 0 saturated carbocycles. The molecule has 0 aliphatic rings. The van der Waals surface area contributed by atoms with E-state index in [1.807, 2.05) is 0 Å². The molecule has 0 N–H and O–H groups in total. The van der Waals surface area contributed by atoms with Crippen LogP contribution in [-0.4, -0.2) is 0 Å². The minimum absolute atomic E-state index is 0.785. The van der Waals surface area contributed by atoms with E-state index in [0.717, 1.165) is 5.75 Å². The van der Waals surface area contributed by atoms with Crippen molar-refractivity contribution >= 4 is 29.3 Å². The van der Waals surface area contributed by atoms with E-state index in [4.69, 9.17) is 4.52 Å². The Labute approximate surface area is 159 Å². The second kappa shape index (κ2) is 8.80. The fraction of sp³-hybridized carbons (Fsp3) is 0.143. The standard InChI is InChI=1S/C21H21OPS2/c1-16-4-10-19(11-5-16)22-23(24-20-12-6-17(2)7-13-20)25-21-14-8-18(3)9-15-21/h4-15H,1-3H3. The van der Waals surface area contributed by atoms with Crippen molar-refractivity contribution in [2.24, 2.45) is 0 Å². The average Bonchev–Trinajstić information content (AvgIpc) is 2.61. The molecule has 3 aromatic rings.